The van der Waals surface area contributed by atoms with Crippen LogP contribution in [-0.2, 0) is 7.05 Å². The number of hydrogen-bond donors (Lipinski definition) is 1. The number of benzene rings is 2. The Morgan fingerprint density at radius 1 is 1.22 bits per heavy atom. The zero-order valence-electron chi connectivity index (χ0n) is 12.1. The monoisotopic (exact) mass is 361 g/mol. The smallest absolute Gasteiger partial charge is 0.257 e. The van der Waals surface area contributed by atoms with Crippen LogP contribution in [0.5, 0.6) is 0 Å². The highest BCUT2D eigenvalue weighted by atomic mass is 35.5. The molecule has 7 heteroatoms. The van der Waals surface area contributed by atoms with Gasteiger partial charge in [-0.3, -0.25) is 10.1 Å². The third-order valence-corrected chi connectivity index (χ3v) is 4.80. The van der Waals surface area contributed by atoms with Gasteiger partial charge >= 0.3 is 0 Å². The van der Waals surface area contributed by atoms with Gasteiger partial charge in [0.25, 0.3) is 5.91 Å². The van der Waals surface area contributed by atoms with Crippen molar-refractivity contribution in [1.82, 2.24) is 9.88 Å². The Labute approximate surface area is 147 Å². The van der Waals surface area contributed by atoms with Gasteiger partial charge in [-0.15, -0.1) is 0 Å². The maximum atomic E-state index is 12.1. The molecular formula is C16H12ClN3OS2. The van der Waals surface area contributed by atoms with Crippen LogP contribution in [0, 0.1) is 0 Å². The van der Waals surface area contributed by atoms with Gasteiger partial charge in [0.05, 0.1) is 10.2 Å². The maximum absolute atomic E-state index is 12.1. The van der Waals surface area contributed by atoms with Crippen molar-refractivity contribution >= 4 is 56.4 Å². The molecule has 0 aliphatic rings. The van der Waals surface area contributed by atoms with Crippen molar-refractivity contribution in [1.29, 1.82) is 0 Å². The molecule has 4 nitrogen and oxygen atoms in total. The van der Waals surface area contributed by atoms with Crippen LogP contribution in [0.3, 0.4) is 0 Å². The summed E-state index contributed by atoms with van der Waals surface area (Å²) in [7, 11) is 1.92. The zero-order valence-corrected chi connectivity index (χ0v) is 14.5. The topological polar surface area (TPSA) is 46.4 Å². The maximum Gasteiger partial charge on any atom is 0.257 e. The number of aromatic nitrogens is 1. The number of para-hydroxylation sites is 1. The molecule has 0 unspecified atom stereocenters. The summed E-state index contributed by atoms with van der Waals surface area (Å²) < 4.78 is 3.06. The lowest BCUT2D eigenvalue weighted by Gasteiger charge is -2.02. The molecule has 0 bridgehead atoms. The molecule has 0 saturated carbocycles. The molecule has 0 aliphatic heterocycles. The summed E-state index contributed by atoms with van der Waals surface area (Å²) in [6.45, 7) is 0. The Balaban J connectivity index is 1.84. The molecule has 0 fully saturated rings. The van der Waals surface area contributed by atoms with Crippen molar-refractivity contribution in [2.75, 3.05) is 0 Å². The van der Waals surface area contributed by atoms with Gasteiger partial charge in [-0.2, -0.15) is 4.99 Å². The van der Waals surface area contributed by atoms with Crippen LogP contribution in [0.15, 0.2) is 53.5 Å². The molecule has 0 saturated heterocycles. The average Bonchev–Trinajstić information content (AvgIpc) is 2.84. The average molecular weight is 362 g/mol. The second-order valence-corrected chi connectivity index (χ2v) is 6.62. The summed E-state index contributed by atoms with van der Waals surface area (Å²) in [6, 6.07) is 14.6. The predicted octanol–water partition coefficient (Wildman–Crippen LogP) is 3.51. The van der Waals surface area contributed by atoms with Crippen LogP contribution in [-0.4, -0.2) is 15.6 Å². The molecule has 1 amide bonds. The van der Waals surface area contributed by atoms with Crippen LogP contribution in [0.1, 0.15) is 10.4 Å². The normalized spacial score (nSPS) is 11.7. The number of carbonyl (C=O) groups excluding carboxylic acids is 1. The fourth-order valence-corrected chi connectivity index (χ4v) is 3.46. The minimum atomic E-state index is -0.306. The summed E-state index contributed by atoms with van der Waals surface area (Å²) in [6.07, 6.45) is 0. The van der Waals surface area contributed by atoms with Gasteiger partial charge in [0, 0.05) is 17.6 Å². The van der Waals surface area contributed by atoms with E-state index < -0.39 is 0 Å². The number of aryl methyl sites for hydroxylation is 1. The van der Waals surface area contributed by atoms with Crippen molar-refractivity contribution < 1.29 is 4.79 Å². The van der Waals surface area contributed by atoms with E-state index in [1.165, 1.54) is 11.3 Å². The Morgan fingerprint density at radius 3 is 2.61 bits per heavy atom. The Morgan fingerprint density at radius 2 is 1.91 bits per heavy atom. The highest BCUT2D eigenvalue weighted by Crippen LogP contribution is 2.15. The van der Waals surface area contributed by atoms with Gasteiger partial charge < -0.3 is 4.57 Å². The zero-order chi connectivity index (χ0) is 16.4. The van der Waals surface area contributed by atoms with E-state index in [0.29, 0.717) is 10.6 Å². The first kappa shape index (κ1) is 15.9. The number of nitrogens with one attached hydrogen (secondary N) is 1. The van der Waals surface area contributed by atoms with Crippen LogP contribution < -0.4 is 10.1 Å². The number of thiocarbonyl (C=S) groups is 1. The molecule has 2 aromatic carbocycles. The second kappa shape index (κ2) is 6.62. The van der Waals surface area contributed by atoms with E-state index in [4.69, 9.17) is 23.8 Å². The summed E-state index contributed by atoms with van der Waals surface area (Å²) in [5.74, 6) is -0.306. The van der Waals surface area contributed by atoms with Gasteiger partial charge in [-0.25, -0.2) is 0 Å². The van der Waals surface area contributed by atoms with E-state index in [0.717, 1.165) is 15.0 Å². The number of amides is 1. The SMILES string of the molecule is Cn1/c(=N\C(=S)NC(=O)c2ccc(Cl)cc2)sc2ccccc21. The van der Waals surface area contributed by atoms with Crippen molar-refractivity contribution in [3.05, 3.63) is 63.9 Å². The largest absolute Gasteiger partial charge is 0.319 e. The second-order valence-electron chi connectivity index (χ2n) is 4.79. The molecule has 0 atom stereocenters. The molecule has 0 spiro atoms. The Bertz CT molecular complexity index is 957. The minimum Gasteiger partial charge on any atom is -0.319 e. The van der Waals surface area contributed by atoms with E-state index in [1.807, 2.05) is 35.9 Å². The lowest BCUT2D eigenvalue weighted by molar-refractivity contribution is 0.0977. The number of fused-ring (bicyclic) bond motifs is 1. The standard InChI is InChI=1S/C16H12ClN3OS2/c1-20-12-4-2-3-5-13(12)23-16(20)19-15(22)18-14(21)10-6-8-11(17)9-7-10/h2-9H,1H3,(H,18,21,22)/b19-16+. The van der Waals surface area contributed by atoms with Crippen molar-refractivity contribution in [2.24, 2.45) is 12.0 Å². The summed E-state index contributed by atoms with van der Waals surface area (Å²) >= 11 is 12.5. The van der Waals surface area contributed by atoms with Crippen LogP contribution in [0.4, 0.5) is 0 Å². The number of rotatable bonds is 1. The predicted molar refractivity (Wildman–Crippen MR) is 97.9 cm³/mol. The number of halogens is 1. The Kier molecular flexibility index (Phi) is 4.56. The van der Waals surface area contributed by atoms with Crippen molar-refractivity contribution in [3.63, 3.8) is 0 Å². The molecule has 0 radical (unpaired) electrons. The first-order valence-electron chi connectivity index (χ1n) is 6.75. The van der Waals surface area contributed by atoms with E-state index >= 15 is 0 Å². The third-order valence-electron chi connectivity index (χ3n) is 3.24. The first-order valence-corrected chi connectivity index (χ1v) is 8.35. The van der Waals surface area contributed by atoms with E-state index in [2.05, 4.69) is 10.3 Å². The quantitative estimate of drug-likeness (QED) is 0.674. The number of carbonyl (C=O) groups is 1. The fourth-order valence-electron chi connectivity index (χ4n) is 2.07. The summed E-state index contributed by atoms with van der Waals surface area (Å²) in [5.41, 5.74) is 1.55. The first-order chi connectivity index (χ1) is 11.0. The molecule has 3 aromatic rings. The molecule has 3 rings (SSSR count). The highest BCUT2D eigenvalue weighted by molar-refractivity contribution is 7.80. The van der Waals surface area contributed by atoms with Gasteiger partial charge in [0.15, 0.2) is 4.80 Å². The molecule has 1 aromatic heterocycles. The number of nitrogens with zero attached hydrogens (tertiary/aromatic N) is 2. The molecule has 23 heavy (non-hydrogen) atoms. The molecule has 116 valence electrons. The number of hydrogen-bond acceptors (Lipinski definition) is 3. The third kappa shape index (κ3) is 3.50. The lowest BCUT2D eigenvalue weighted by atomic mass is 10.2. The molecular weight excluding hydrogens is 350 g/mol. The van der Waals surface area contributed by atoms with E-state index in [-0.39, 0.29) is 11.0 Å². The minimum absolute atomic E-state index is 0.132. The van der Waals surface area contributed by atoms with Gasteiger partial charge in [-0.05, 0) is 48.6 Å². The van der Waals surface area contributed by atoms with Gasteiger partial charge in [-0.1, -0.05) is 35.1 Å². The lowest BCUT2D eigenvalue weighted by Crippen LogP contribution is -2.29. The number of thiazole rings is 1. The van der Waals surface area contributed by atoms with Crippen molar-refractivity contribution in [2.45, 2.75) is 0 Å². The van der Waals surface area contributed by atoms with E-state index in [1.54, 1.807) is 24.3 Å². The van der Waals surface area contributed by atoms with Crippen LogP contribution in [0.25, 0.3) is 10.2 Å². The van der Waals surface area contributed by atoms with Crippen LogP contribution in [0.2, 0.25) is 5.02 Å². The highest BCUT2D eigenvalue weighted by Gasteiger charge is 2.08. The van der Waals surface area contributed by atoms with Gasteiger partial charge in [0.1, 0.15) is 0 Å². The summed E-state index contributed by atoms with van der Waals surface area (Å²) in [5, 5.41) is 3.32. The fraction of sp³-hybridized carbons (Fsp3) is 0.0625. The molecule has 1 N–H and O–H groups in total. The molecule has 1 heterocycles. The van der Waals surface area contributed by atoms with Crippen LogP contribution >= 0.6 is 35.2 Å². The van der Waals surface area contributed by atoms with Gasteiger partial charge in [0.2, 0.25) is 5.11 Å². The molecule has 0 aliphatic carbocycles. The summed E-state index contributed by atoms with van der Waals surface area (Å²) in [4.78, 5) is 17.2. The van der Waals surface area contributed by atoms with Crippen molar-refractivity contribution in [3.8, 4) is 0 Å². The van der Waals surface area contributed by atoms with E-state index in [9.17, 15) is 4.79 Å². The Hall–Kier alpha value is -2.02.